The van der Waals surface area contributed by atoms with Gasteiger partial charge in [-0.15, -0.1) is 5.10 Å². The van der Waals surface area contributed by atoms with Crippen LogP contribution in [0.1, 0.15) is 37.9 Å². The molecule has 2 unspecified atom stereocenters. The molecule has 0 spiro atoms. The molecule has 0 amide bonds. The number of nitrogens with zero attached hydrogens (tertiary/aromatic N) is 3. The molecule has 2 heterocycles. The molecular weight excluding hydrogens is 220 g/mol. The van der Waals surface area contributed by atoms with Crippen LogP contribution < -0.4 is 5.73 Å². The summed E-state index contributed by atoms with van der Waals surface area (Å²) in [4.78, 5) is 0. The Kier molecular flexibility index (Phi) is 4.47. The van der Waals surface area contributed by atoms with Gasteiger partial charge in [-0.2, -0.15) is 0 Å². The van der Waals surface area contributed by atoms with Gasteiger partial charge in [-0.1, -0.05) is 5.21 Å². The van der Waals surface area contributed by atoms with E-state index < -0.39 is 0 Å². The van der Waals surface area contributed by atoms with Crippen LogP contribution in [0.15, 0.2) is 6.20 Å². The Hall–Kier alpha value is -0.980. The molecule has 0 bridgehead atoms. The average Bonchev–Trinajstić information content (AvgIpc) is 2.79. The normalized spacial score (nSPS) is 22.6. The molecule has 0 aliphatic carbocycles. The van der Waals surface area contributed by atoms with Gasteiger partial charge in [0.05, 0.1) is 25.0 Å². The van der Waals surface area contributed by atoms with E-state index in [1.807, 2.05) is 13.1 Å². The molecule has 1 aliphatic rings. The van der Waals surface area contributed by atoms with E-state index in [9.17, 15) is 0 Å². The zero-order chi connectivity index (χ0) is 12.1. The second-order valence-electron chi connectivity index (χ2n) is 4.36. The Balaban J connectivity index is 1.70. The van der Waals surface area contributed by atoms with Gasteiger partial charge in [0.15, 0.2) is 6.29 Å². The summed E-state index contributed by atoms with van der Waals surface area (Å²) in [5.41, 5.74) is 6.51. The van der Waals surface area contributed by atoms with Crippen molar-refractivity contribution in [3.8, 4) is 0 Å². The molecule has 6 nitrogen and oxygen atoms in total. The van der Waals surface area contributed by atoms with Gasteiger partial charge in [-0.05, 0) is 26.2 Å². The van der Waals surface area contributed by atoms with Crippen molar-refractivity contribution in [2.45, 2.75) is 45.1 Å². The molecule has 1 aliphatic heterocycles. The van der Waals surface area contributed by atoms with Gasteiger partial charge in [0.25, 0.3) is 0 Å². The Morgan fingerprint density at radius 3 is 3.18 bits per heavy atom. The third-order valence-corrected chi connectivity index (χ3v) is 2.78. The Morgan fingerprint density at radius 1 is 1.65 bits per heavy atom. The smallest absolute Gasteiger partial charge is 0.157 e. The van der Waals surface area contributed by atoms with Crippen molar-refractivity contribution in [2.24, 2.45) is 5.73 Å². The van der Waals surface area contributed by atoms with Crippen LogP contribution in [0.25, 0.3) is 0 Å². The van der Waals surface area contributed by atoms with E-state index in [2.05, 4.69) is 10.3 Å². The average molecular weight is 240 g/mol. The minimum atomic E-state index is -0.0775. The predicted molar refractivity (Wildman–Crippen MR) is 62.2 cm³/mol. The van der Waals surface area contributed by atoms with E-state index in [-0.39, 0.29) is 12.3 Å². The number of rotatable bonds is 5. The molecule has 96 valence electrons. The molecule has 17 heavy (non-hydrogen) atoms. The second kappa shape index (κ2) is 6.09. The first kappa shape index (κ1) is 12.5. The van der Waals surface area contributed by atoms with Crippen molar-refractivity contribution in [1.29, 1.82) is 0 Å². The van der Waals surface area contributed by atoms with Crippen LogP contribution in [0.2, 0.25) is 0 Å². The molecule has 2 atom stereocenters. The van der Waals surface area contributed by atoms with E-state index in [0.29, 0.717) is 13.2 Å². The molecule has 0 saturated carbocycles. The fraction of sp³-hybridized carbons (Fsp3) is 0.818. The van der Waals surface area contributed by atoms with Crippen LogP contribution in [0.4, 0.5) is 0 Å². The number of ether oxygens (including phenoxy) is 2. The van der Waals surface area contributed by atoms with Crippen molar-refractivity contribution in [3.63, 3.8) is 0 Å². The van der Waals surface area contributed by atoms with E-state index >= 15 is 0 Å². The standard InChI is InChI=1S/C11H20N4O2/c1-9(12)10-8-15(14-13-10)5-7-17-11-4-2-3-6-16-11/h8-9,11H,2-7,12H2,1H3. The van der Waals surface area contributed by atoms with Gasteiger partial charge in [0, 0.05) is 12.6 Å². The van der Waals surface area contributed by atoms with Crippen LogP contribution in [-0.2, 0) is 16.0 Å². The summed E-state index contributed by atoms with van der Waals surface area (Å²) in [5, 5.41) is 7.97. The van der Waals surface area contributed by atoms with E-state index in [4.69, 9.17) is 15.2 Å². The minimum Gasteiger partial charge on any atom is -0.353 e. The number of hydrogen-bond donors (Lipinski definition) is 1. The first-order valence-electron chi connectivity index (χ1n) is 6.14. The zero-order valence-electron chi connectivity index (χ0n) is 10.2. The van der Waals surface area contributed by atoms with Gasteiger partial charge in [0.1, 0.15) is 0 Å². The number of hydrogen-bond acceptors (Lipinski definition) is 5. The largest absolute Gasteiger partial charge is 0.353 e. The Bertz CT molecular complexity index is 334. The predicted octanol–water partition coefficient (Wildman–Crippen LogP) is 0.841. The van der Waals surface area contributed by atoms with Gasteiger partial charge in [0.2, 0.25) is 0 Å². The SMILES string of the molecule is CC(N)c1cn(CCOC2CCCCO2)nn1. The first-order chi connectivity index (χ1) is 8.25. The molecule has 2 N–H and O–H groups in total. The summed E-state index contributed by atoms with van der Waals surface area (Å²) in [6.07, 6.45) is 5.13. The maximum absolute atomic E-state index is 5.71. The highest BCUT2D eigenvalue weighted by atomic mass is 16.7. The fourth-order valence-corrected chi connectivity index (χ4v) is 1.75. The molecular formula is C11H20N4O2. The second-order valence-corrected chi connectivity index (χ2v) is 4.36. The fourth-order valence-electron chi connectivity index (χ4n) is 1.75. The van der Waals surface area contributed by atoms with E-state index in [1.54, 1.807) is 4.68 Å². The van der Waals surface area contributed by atoms with Crippen molar-refractivity contribution in [3.05, 3.63) is 11.9 Å². The lowest BCUT2D eigenvalue weighted by atomic mass is 10.2. The van der Waals surface area contributed by atoms with Crippen molar-refractivity contribution in [2.75, 3.05) is 13.2 Å². The summed E-state index contributed by atoms with van der Waals surface area (Å²) in [7, 11) is 0. The molecule has 1 aromatic heterocycles. The van der Waals surface area contributed by atoms with Crippen LogP contribution >= 0.6 is 0 Å². The molecule has 1 aromatic rings. The topological polar surface area (TPSA) is 75.2 Å². The summed E-state index contributed by atoms with van der Waals surface area (Å²) in [5.74, 6) is 0. The van der Waals surface area contributed by atoms with Gasteiger partial charge in [-0.25, -0.2) is 4.68 Å². The lowest BCUT2D eigenvalue weighted by Crippen LogP contribution is -2.24. The lowest BCUT2D eigenvalue weighted by Gasteiger charge is -2.22. The molecule has 6 heteroatoms. The van der Waals surface area contributed by atoms with Gasteiger partial charge in [-0.3, -0.25) is 0 Å². The van der Waals surface area contributed by atoms with Gasteiger partial charge >= 0.3 is 0 Å². The number of aromatic nitrogens is 3. The molecule has 1 saturated heterocycles. The monoisotopic (exact) mass is 240 g/mol. The highest BCUT2D eigenvalue weighted by Crippen LogP contribution is 2.13. The van der Waals surface area contributed by atoms with E-state index in [1.165, 1.54) is 6.42 Å². The lowest BCUT2D eigenvalue weighted by molar-refractivity contribution is -0.163. The summed E-state index contributed by atoms with van der Waals surface area (Å²) in [6.45, 7) is 3.97. The third kappa shape index (κ3) is 3.76. The Labute approximate surface area is 101 Å². The van der Waals surface area contributed by atoms with Crippen LogP contribution in [0, 0.1) is 0 Å². The zero-order valence-corrected chi connectivity index (χ0v) is 10.2. The maximum atomic E-state index is 5.71. The molecule has 0 aromatic carbocycles. The van der Waals surface area contributed by atoms with Crippen LogP contribution in [0.5, 0.6) is 0 Å². The maximum Gasteiger partial charge on any atom is 0.157 e. The highest BCUT2D eigenvalue weighted by Gasteiger charge is 2.13. The van der Waals surface area contributed by atoms with Crippen molar-refractivity contribution < 1.29 is 9.47 Å². The van der Waals surface area contributed by atoms with E-state index in [0.717, 1.165) is 25.1 Å². The quantitative estimate of drug-likeness (QED) is 0.825. The number of nitrogens with two attached hydrogens (primary N) is 1. The first-order valence-corrected chi connectivity index (χ1v) is 6.14. The minimum absolute atomic E-state index is 0.0415. The van der Waals surface area contributed by atoms with Crippen LogP contribution in [-0.4, -0.2) is 34.5 Å². The molecule has 2 rings (SSSR count). The summed E-state index contributed by atoms with van der Waals surface area (Å²) >= 11 is 0. The Morgan fingerprint density at radius 2 is 2.53 bits per heavy atom. The van der Waals surface area contributed by atoms with Gasteiger partial charge < -0.3 is 15.2 Å². The summed E-state index contributed by atoms with van der Waals surface area (Å²) < 4.78 is 12.8. The van der Waals surface area contributed by atoms with Crippen molar-refractivity contribution in [1.82, 2.24) is 15.0 Å². The third-order valence-electron chi connectivity index (χ3n) is 2.78. The highest BCUT2D eigenvalue weighted by molar-refractivity contribution is 4.97. The van der Waals surface area contributed by atoms with Crippen molar-refractivity contribution >= 4 is 0 Å². The molecule has 1 fully saturated rings. The van der Waals surface area contributed by atoms with Crippen LogP contribution in [0.3, 0.4) is 0 Å². The molecule has 0 radical (unpaired) electrons. The summed E-state index contributed by atoms with van der Waals surface area (Å²) in [6, 6.07) is -0.0775.